The number of sulfonamides is 1. The minimum Gasteiger partial charge on any atom is -0.377 e. The predicted octanol–water partition coefficient (Wildman–Crippen LogP) is 0.570. The Morgan fingerprint density at radius 2 is 1.30 bits per heavy atom. The highest BCUT2D eigenvalue weighted by molar-refractivity contribution is 7.89. The standard InChI is InChI=1S/C20H32N2O7S/c1-17-3-5-19(6-4-17)30(24,25)21-18(2)20(23)22-7-9-26-11-13-28-15-16-29-14-12-27-10-8-22/h3-6,18,21H,7-16H2,1-2H3/t18-/m1/s1. The number of hydrogen-bond donors (Lipinski definition) is 1. The largest absolute Gasteiger partial charge is 0.377 e. The van der Waals surface area contributed by atoms with Gasteiger partial charge >= 0.3 is 0 Å². The van der Waals surface area contributed by atoms with Crippen LogP contribution in [0, 0.1) is 6.92 Å². The van der Waals surface area contributed by atoms with Crippen molar-refractivity contribution in [3.8, 4) is 0 Å². The molecule has 170 valence electrons. The fourth-order valence-electron chi connectivity index (χ4n) is 2.79. The Hall–Kier alpha value is -1.56. The van der Waals surface area contributed by atoms with Gasteiger partial charge in [0.05, 0.1) is 63.8 Å². The molecule has 1 N–H and O–H groups in total. The Morgan fingerprint density at radius 3 is 1.77 bits per heavy atom. The number of rotatable bonds is 4. The van der Waals surface area contributed by atoms with E-state index in [-0.39, 0.29) is 10.8 Å². The molecule has 1 fully saturated rings. The van der Waals surface area contributed by atoms with E-state index in [1.165, 1.54) is 19.1 Å². The molecule has 0 bridgehead atoms. The molecular formula is C20H32N2O7S. The molecule has 1 heterocycles. The van der Waals surface area contributed by atoms with Crippen LogP contribution in [0.15, 0.2) is 29.2 Å². The molecule has 1 aliphatic rings. The van der Waals surface area contributed by atoms with E-state index >= 15 is 0 Å². The predicted molar refractivity (Wildman–Crippen MR) is 111 cm³/mol. The molecule has 2 rings (SSSR count). The van der Waals surface area contributed by atoms with Crippen molar-refractivity contribution in [2.75, 3.05) is 65.9 Å². The van der Waals surface area contributed by atoms with Crippen molar-refractivity contribution in [3.63, 3.8) is 0 Å². The van der Waals surface area contributed by atoms with E-state index < -0.39 is 16.1 Å². The molecule has 1 aliphatic heterocycles. The van der Waals surface area contributed by atoms with Gasteiger partial charge in [0, 0.05) is 13.1 Å². The molecule has 0 aliphatic carbocycles. The van der Waals surface area contributed by atoms with Gasteiger partial charge in [-0.2, -0.15) is 4.72 Å². The average molecular weight is 445 g/mol. The summed E-state index contributed by atoms with van der Waals surface area (Å²) in [6.45, 7) is 7.41. The van der Waals surface area contributed by atoms with Crippen LogP contribution >= 0.6 is 0 Å². The number of carbonyl (C=O) groups excluding carboxylic acids is 1. The highest BCUT2D eigenvalue weighted by Gasteiger charge is 2.25. The van der Waals surface area contributed by atoms with Crippen LogP contribution in [0.25, 0.3) is 0 Å². The topological polar surface area (TPSA) is 103 Å². The molecule has 0 saturated carbocycles. The van der Waals surface area contributed by atoms with Crippen molar-refractivity contribution in [3.05, 3.63) is 29.8 Å². The minimum absolute atomic E-state index is 0.122. The number of nitrogens with one attached hydrogen (secondary N) is 1. The van der Waals surface area contributed by atoms with E-state index in [1.807, 2.05) is 6.92 Å². The zero-order valence-electron chi connectivity index (χ0n) is 17.7. The van der Waals surface area contributed by atoms with Gasteiger partial charge in [-0.15, -0.1) is 0 Å². The van der Waals surface area contributed by atoms with Crippen molar-refractivity contribution >= 4 is 15.9 Å². The zero-order chi connectivity index (χ0) is 21.8. The normalized spacial score (nSPS) is 19.5. The lowest BCUT2D eigenvalue weighted by Crippen LogP contribution is -2.48. The molecule has 1 aromatic carbocycles. The maximum absolute atomic E-state index is 12.9. The van der Waals surface area contributed by atoms with E-state index in [2.05, 4.69) is 4.72 Å². The number of benzene rings is 1. The number of carbonyl (C=O) groups is 1. The monoisotopic (exact) mass is 444 g/mol. The van der Waals surface area contributed by atoms with Crippen molar-refractivity contribution in [2.45, 2.75) is 24.8 Å². The van der Waals surface area contributed by atoms with Gasteiger partial charge in [-0.1, -0.05) is 17.7 Å². The lowest BCUT2D eigenvalue weighted by Gasteiger charge is -2.26. The van der Waals surface area contributed by atoms with Gasteiger partial charge in [0.1, 0.15) is 0 Å². The van der Waals surface area contributed by atoms with Crippen LogP contribution in [0.1, 0.15) is 12.5 Å². The van der Waals surface area contributed by atoms with E-state index in [0.29, 0.717) is 65.9 Å². The van der Waals surface area contributed by atoms with Gasteiger partial charge in [0.15, 0.2) is 0 Å². The molecule has 1 aromatic rings. The highest BCUT2D eigenvalue weighted by atomic mass is 32.2. The molecule has 1 amide bonds. The quantitative estimate of drug-likeness (QED) is 0.724. The van der Waals surface area contributed by atoms with Gasteiger partial charge in [-0.3, -0.25) is 4.79 Å². The molecule has 9 nitrogen and oxygen atoms in total. The van der Waals surface area contributed by atoms with Crippen LogP contribution in [0.5, 0.6) is 0 Å². The third-order valence-electron chi connectivity index (χ3n) is 4.47. The lowest BCUT2D eigenvalue weighted by molar-refractivity contribution is -0.134. The number of nitrogens with zero attached hydrogens (tertiary/aromatic N) is 1. The van der Waals surface area contributed by atoms with Crippen LogP contribution in [0.2, 0.25) is 0 Å². The number of amides is 1. The zero-order valence-corrected chi connectivity index (χ0v) is 18.5. The Balaban J connectivity index is 1.95. The minimum atomic E-state index is -3.81. The first-order valence-corrected chi connectivity index (χ1v) is 11.6. The summed E-state index contributed by atoms with van der Waals surface area (Å²) in [5.41, 5.74) is 0.954. The maximum Gasteiger partial charge on any atom is 0.241 e. The molecule has 1 atom stereocenters. The van der Waals surface area contributed by atoms with Crippen molar-refractivity contribution < 1.29 is 32.2 Å². The first-order valence-electron chi connectivity index (χ1n) is 10.1. The Kier molecular flexibility index (Phi) is 10.7. The van der Waals surface area contributed by atoms with Gasteiger partial charge in [-0.05, 0) is 26.0 Å². The molecular weight excluding hydrogens is 412 g/mol. The third kappa shape index (κ3) is 8.66. The summed E-state index contributed by atoms with van der Waals surface area (Å²) in [6, 6.07) is 5.54. The molecule has 1 saturated heterocycles. The Bertz CT molecular complexity index is 724. The van der Waals surface area contributed by atoms with Gasteiger partial charge in [-0.25, -0.2) is 8.42 Å². The summed E-state index contributed by atoms with van der Waals surface area (Å²) < 4.78 is 49.4. The summed E-state index contributed by atoms with van der Waals surface area (Å²) in [4.78, 5) is 14.6. The molecule has 0 spiro atoms. The van der Waals surface area contributed by atoms with Crippen LogP contribution in [0.4, 0.5) is 0 Å². The molecule has 0 aromatic heterocycles. The summed E-state index contributed by atoms with van der Waals surface area (Å²) >= 11 is 0. The van der Waals surface area contributed by atoms with Gasteiger partial charge < -0.3 is 23.8 Å². The summed E-state index contributed by atoms with van der Waals surface area (Å²) in [6.07, 6.45) is 0. The van der Waals surface area contributed by atoms with Crippen LogP contribution in [-0.2, 0) is 33.8 Å². The molecule has 30 heavy (non-hydrogen) atoms. The summed E-state index contributed by atoms with van der Waals surface area (Å²) in [7, 11) is -3.81. The van der Waals surface area contributed by atoms with E-state index in [0.717, 1.165) is 5.56 Å². The second-order valence-electron chi connectivity index (χ2n) is 6.93. The number of hydrogen-bond acceptors (Lipinski definition) is 7. The van der Waals surface area contributed by atoms with E-state index in [4.69, 9.17) is 18.9 Å². The molecule has 10 heteroatoms. The van der Waals surface area contributed by atoms with Crippen molar-refractivity contribution in [1.29, 1.82) is 0 Å². The summed E-state index contributed by atoms with van der Waals surface area (Å²) in [5.74, 6) is -0.338. The van der Waals surface area contributed by atoms with E-state index in [9.17, 15) is 13.2 Å². The maximum atomic E-state index is 12.9. The number of ether oxygens (including phenoxy) is 4. The van der Waals surface area contributed by atoms with Crippen LogP contribution < -0.4 is 4.72 Å². The molecule has 0 radical (unpaired) electrons. The lowest BCUT2D eigenvalue weighted by atomic mass is 10.2. The third-order valence-corrected chi connectivity index (χ3v) is 6.03. The Labute approximate surface area is 178 Å². The average Bonchev–Trinajstić information content (AvgIpc) is 2.72. The first-order chi connectivity index (χ1) is 14.4. The Morgan fingerprint density at radius 1 is 0.867 bits per heavy atom. The highest BCUT2D eigenvalue weighted by Crippen LogP contribution is 2.11. The second-order valence-corrected chi connectivity index (χ2v) is 8.64. The smallest absolute Gasteiger partial charge is 0.241 e. The SMILES string of the molecule is Cc1ccc(S(=O)(=O)N[C@H](C)C(=O)N2CCOCCOCCOCCOCC2)cc1. The summed E-state index contributed by atoms with van der Waals surface area (Å²) in [5, 5.41) is 0. The van der Waals surface area contributed by atoms with Gasteiger partial charge in [0.2, 0.25) is 15.9 Å². The van der Waals surface area contributed by atoms with Crippen LogP contribution in [-0.4, -0.2) is 91.2 Å². The van der Waals surface area contributed by atoms with Crippen molar-refractivity contribution in [1.82, 2.24) is 9.62 Å². The van der Waals surface area contributed by atoms with Crippen molar-refractivity contribution in [2.24, 2.45) is 0 Å². The fourth-order valence-corrected chi connectivity index (χ4v) is 3.98. The van der Waals surface area contributed by atoms with Gasteiger partial charge in [0.25, 0.3) is 0 Å². The van der Waals surface area contributed by atoms with Crippen LogP contribution in [0.3, 0.4) is 0 Å². The molecule has 0 unspecified atom stereocenters. The van der Waals surface area contributed by atoms with E-state index in [1.54, 1.807) is 17.0 Å². The fraction of sp³-hybridized carbons (Fsp3) is 0.650. The number of aryl methyl sites for hydroxylation is 1. The second kappa shape index (κ2) is 13.0. The first kappa shape index (κ1) is 24.7.